The van der Waals surface area contributed by atoms with Gasteiger partial charge in [-0.3, -0.25) is 14.3 Å². The van der Waals surface area contributed by atoms with Gasteiger partial charge in [0.05, 0.1) is 25.2 Å². The fourth-order valence-electron chi connectivity index (χ4n) is 3.94. The molecule has 2 heterocycles. The summed E-state index contributed by atoms with van der Waals surface area (Å²) in [6.07, 6.45) is 7.69. The Hall–Kier alpha value is -3.67. The minimum atomic E-state index is -0.297. The second kappa shape index (κ2) is 9.00. The van der Waals surface area contributed by atoms with Gasteiger partial charge in [-0.25, -0.2) is 0 Å². The molecule has 1 atom stereocenters. The van der Waals surface area contributed by atoms with Gasteiger partial charge in [-0.2, -0.15) is 5.10 Å². The van der Waals surface area contributed by atoms with Crippen molar-refractivity contribution in [2.24, 2.45) is 0 Å². The zero-order valence-corrected chi connectivity index (χ0v) is 17.8. The van der Waals surface area contributed by atoms with Crippen LogP contribution in [0.4, 0.5) is 0 Å². The quantitative estimate of drug-likeness (QED) is 0.616. The van der Waals surface area contributed by atoms with Gasteiger partial charge in [0.2, 0.25) is 11.8 Å². The highest BCUT2D eigenvalue weighted by Gasteiger charge is 2.29. The lowest BCUT2D eigenvalue weighted by atomic mass is 9.93. The maximum absolute atomic E-state index is 13.0. The first kappa shape index (κ1) is 20.6. The highest BCUT2D eigenvalue weighted by atomic mass is 16.2. The average Bonchev–Trinajstić information content (AvgIpc) is 3.21. The van der Waals surface area contributed by atoms with E-state index in [2.05, 4.69) is 17.2 Å². The molecule has 0 aliphatic carbocycles. The van der Waals surface area contributed by atoms with Crippen LogP contribution in [0.1, 0.15) is 41.6 Å². The summed E-state index contributed by atoms with van der Waals surface area (Å²) in [5.41, 5.74) is 4.19. The third-order valence-corrected chi connectivity index (χ3v) is 5.56. The molecular formula is C25H26N4O2. The lowest BCUT2D eigenvalue weighted by molar-refractivity contribution is -0.134. The highest BCUT2D eigenvalue weighted by molar-refractivity contribution is 5.81. The number of amides is 2. The van der Waals surface area contributed by atoms with Crippen LogP contribution in [0.5, 0.6) is 0 Å². The normalized spacial score (nSPS) is 14.9. The number of nitrogens with zero attached hydrogens (tertiary/aromatic N) is 4. The highest BCUT2D eigenvalue weighted by Crippen LogP contribution is 2.33. The van der Waals surface area contributed by atoms with Crippen LogP contribution in [-0.4, -0.2) is 38.4 Å². The summed E-state index contributed by atoms with van der Waals surface area (Å²) < 4.78 is 1.88. The summed E-state index contributed by atoms with van der Waals surface area (Å²) >= 11 is 0. The van der Waals surface area contributed by atoms with Crippen molar-refractivity contribution in [3.63, 3.8) is 0 Å². The summed E-state index contributed by atoms with van der Waals surface area (Å²) in [6, 6.07) is 17.7. The molecule has 0 radical (unpaired) electrons. The lowest BCUT2D eigenvalue weighted by Crippen LogP contribution is -2.35. The monoisotopic (exact) mass is 414 g/mol. The molecule has 0 N–H and O–H groups in total. The van der Waals surface area contributed by atoms with Gasteiger partial charge in [0, 0.05) is 38.5 Å². The topological polar surface area (TPSA) is 58.4 Å². The Kier molecular flexibility index (Phi) is 5.98. The van der Waals surface area contributed by atoms with Gasteiger partial charge in [0.25, 0.3) is 0 Å². The Bertz CT molecular complexity index is 1100. The first-order valence-electron chi connectivity index (χ1n) is 10.4. The summed E-state index contributed by atoms with van der Waals surface area (Å²) in [7, 11) is 1.79. The second-order valence-corrected chi connectivity index (χ2v) is 7.87. The minimum Gasteiger partial charge on any atom is -0.341 e. The van der Waals surface area contributed by atoms with Crippen molar-refractivity contribution in [2.75, 3.05) is 7.05 Å². The molecule has 6 nitrogen and oxygen atoms in total. The van der Waals surface area contributed by atoms with Gasteiger partial charge in [0.15, 0.2) is 0 Å². The Balaban J connectivity index is 1.42. The van der Waals surface area contributed by atoms with Crippen LogP contribution in [0.2, 0.25) is 0 Å². The van der Waals surface area contributed by atoms with E-state index in [1.807, 2.05) is 59.4 Å². The molecule has 0 unspecified atom stereocenters. The predicted molar refractivity (Wildman–Crippen MR) is 120 cm³/mol. The van der Waals surface area contributed by atoms with E-state index in [1.165, 1.54) is 12.5 Å². The molecule has 1 aliphatic heterocycles. The lowest BCUT2D eigenvalue weighted by Gasteiger charge is -2.33. The number of rotatable bonds is 6. The first-order valence-corrected chi connectivity index (χ1v) is 10.4. The van der Waals surface area contributed by atoms with Crippen LogP contribution >= 0.6 is 0 Å². The number of carbonyl (C=O) groups is 2. The van der Waals surface area contributed by atoms with E-state index in [0.29, 0.717) is 13.1 Å². The third kappa shape index (κ3) is 4.74. The van der Waals surface area contributed by atoms with Crippen LogP contribution < -0.4 is 0 Å². The van der Waals surface area contributed by atoms with Crippen LogP contribution in [0.15, 0.2) is 73.2 Å². The molecule has 158 valence electrons. The molecule has 3 aromatic rings. The Labute approximate surface area is 182 Å². The maximum Gasteiger partial charge on any atom is 0.225 e. The number of fused-ring (bicyclic) bond motifs is 1. The fourth-order valence-corrected chi connectivity index (χ4v) is 3.94. The van der Waals surface area contributed by atoms with Crippen molar-refractivity contribution in [3.05, 3.63) is 95.4 Å². The molecule has 1 aromatic heterocycles. The SMILES string of the molecule is CC(=O)N1C=Cc2ccccc2[C@@H]1CC(=O)N(C)Cc1cnn(Cc2ccccc2)c1. The molecule has 0 spiro atoms. The van der Waals surface area contributed by atoms with E-state index >= 15 is 0 Å². The molecule has 0 bridgehead atoms. The molecule has 6 heteroatoms. The van der Waals surface area contributed by atoms with Crippen LogP contribution in [-0.2, 0) is 22.7 Å². The average molecular weight is 415 g/mol. The Morgan fingerprint density at radius 3 is 2.55 bits per heavy atom. The number of hydrogen-bond acceptors (Lipinski definition) is 3. The zero-order valence-electron chi connectivity index (χ0n) is 17.8. The minimum absolute atomic E-state index is 0.0165. The zero-order chi connectivity index (χ0) is 21.8. The fraction of sp³-hybridized carbons (Fsp3) is 0.240. The summed E-state index contributed by atoms with van der Waals surface area (Å²) in [5, 5.41) is 4.42. The van der Waals surface area contributed by atoms with Crippen LogP contribution in [0.3, 0.4) is 0 Å². The maximum atomic E-state index is 13.0. The number of hydrogen-bond donors (Lipinski definition) is 0. The summed E-state index contributed by atoms with van der Waals surface area (Å²) in [6.45, 7) is 2.69. The molecule has 31 heavy (non-hydrogen) atoms. The van der Waals surface area contributed by atoms with E-state index in [-0.39, 0.29) is 24.3 Å². The molecule has 1 aliphatic rings. The Morgan fingerprint density at radius 1 is 1.03 bits per heavy atom. The van der Waals surface area contributed by atoms with E-state index in [1.54, 1.807) is 29.2 Å². The van der Waals surface area contributed by atoms with Gasteiger partial charge < -0.3 is 9.80 Å². The van der Waals surface area contributed by atoms with Crippen LogP contribution in [0.25, 0.3) is 6.08 Å². The van der Waals surface area contributed by atoms with E-state index < -0.39 is 0 Å². The van der Waals surface area contributed by atoms with Crippen molar-refractivity contribution >= 4 is 17.9 Å². The van der Waals surface area contributed by atoms with Crippen molar-refractivity contribution in [1.29, 1.82) is 0 Å². The van der Waals surface area contributed by atoms with Crippen molar-refractivity contribution in [3.8, 4) is 0 Å². The largest absolute Gasteiger partial charge is 0.341 e. The van der Waals surface area contributed by atoms with Gasteiger partial charge >= 0.3 is 0 Å². The molecule has 2 aromatic carbocycles. The van der Waals surface area contributed by atoms with Crippen LogP contribution in [0, 0.1) is 0 Å². The predicted octanol–water partition coefficient (Wildman–Crippen LogP) is 3.85. The Morgan fingerprint density at radius 2 is 1.77 bits per heavy atom. The van der Waals surface area contributed by atoms with Gasteiger partial charge in [-0.1, -0.05) is 54.6 Å². The molecule has 0 saturated carbocycles. The summed E-state index contributed by atoms with van der Waals surface area (Å²) in [4.78, 5) is 28.5. The van der Waals surface area contributed by atoms with Gasteiger partial charge in [0.1, 0.15) is 0 Å². The van der Waals surface area contributed by atoms with E-state index in [0.717, 1.165) is 16.7 Å². The van der Waals surface area contributed by atoms with E-state index in [4.69, 9.17) is 0 Å². The second-order valence-electron chi connectivity index (χ2n) is 7.87. The van der Waals surface area contributed by atoms with Crippen molar-refractivity contribution in [2.45, 2.75) is 32.5 Å². The van der Waals surface area contributed by atoms with Gasteiger partial charge in [-0.05, 0) is 22.8 Å². The number of benzene rings is 2. The third-order valence-electron chi connectivity index (χ3n) is 5.56. The molecule has 2 amide bonds. The molecule has 0 fully saturated rings. The smallest absolute Gasteiger partial charge is 0.225 e. The number of aromatic nitrogens is 2. The van der Waals surface area contributed by atoms with Crippen molar-refractivity contribution < 1.29 is 9.59 Å². The number of carbonyl (C=O) groups excluding carboxylic acids is 2. The summed E-state index contributed by atoms with van der Waals surface area (Å²) in [5.74, 6) is -0.0921. The standard InChI is InChI=1S/C25H26N4O2/c1-19(30)29-13-12-22-10-6-7-11-23(22)24(29)14-25(31)27(2)16-21-15-26-28(18-21)17-20-8-4-3-5-9-20/h3-13,15,18,24H,14,16-17H2,1-2H3/t24-/m0/s1. The molecular weight excluding hydrogens is 388 g/mol. The molecule has 0 saturated heterocycles. The van der Waals surface area contributed by atoms with E-state index in [9.17, 15) is 9.59 Å². The first-order chi connectivity index (χ1) is 15.0. The molecule has 4 rings (SSSR count). The van der Waals surface area contributed by atoms with Crippen molar-refractivity contribution in [1.82, 2.24) is 19.6 Å². The van der Waals surface area contributed by atoms with Gasteiger partial charge in [-0.15, -0.1) is 0 Å².